The van der Waals surface area contributed by atoms with Crippen LogP contribution in [-0.4, -0.2) is 20.0 Å². The van der Waals surface area contributed by atoms with Gasteiger partial charge < -0.3 is 4.74 Å². The average Bonchev–Trinajstić information content (AvgIpc) is 2.55. The van der Waals surface area contributed by atoms with Gasteiger partial charge in [-0.2, -0.15) is 0 Å². The number of hydrogen-bond donors (Lipinski definition) is 1. The van der Waals surface area contributed by atoms with Crippen LogP contribution in [0.3, 0.4) is 0 Å². The summed E-state index contributed by atoms with van der Waals surface area (Å²) >= 11 is 0. The van der Waals surface area contributed by atoms with Crippen molar-refractivity contribution in [3.63, 3.8) is 0 Å². The van der Waals surface area contributed by atoms with Gasteiger partial charge in [-0.05, 0) is 48.4 Å². The van der Waals surface area contributed by atoms with Gasteiger partial charge >= 0.3 is 0 Å². The number of aromatic nitrogens is 1. The normalized spacial score (nSPS) is 11.3. The Bertz CT molecular complexity index is 670. The minimum Gasteiger partial charge on any atom is -0.494 e. The molecular weight excluding hydrogens is 300 g/mol. The molecule has 2 rings (SSSR count). The Labute approximate surface area is 131 Å². The summed E-state index contributed by atoms with van der Waals surface area (Å²) < 4.78 is 32.5. The number of pyridine rings is 1. The van der Waals surface area contributed by atoms with E-state index >= 15 is 0 Å². The first-order chi connectivity index (χ1) is 10.6. The van der Waals surface area contributed by atoms with Crippen molar-refractivity contribution in [2.75, 3.05) is 6.61 Å². The minimum absolute atomic E-state index is 0.226. The van der Waals surface area contributed by atoms with Gasteiger partial charge in [0.05, 0.1) is 11.5 Å². The summed E-state index contributed by atoms with van der Waals surface area (Å²) in [6.07, 6.45) is 5.30. The van der Waals surface area contributed by atoms with E-state index in [0.717, 1.165) is 18.4 Å². The SMILES string of the molecule is CCCCOc1ccc(S(=O)(=O)NCc2ccncc2)cc1. The van der Waals surface area contributed by atoms with Gasteiger partial charge in [0.1, 0.15) is 5.75 Å². The van der Waals surface area contributed by atoms with Crippen molar-refractivity contribution in [1.82, 2.24) is 9.71 Å². The molecular formula is C16H20N2O3S. The van der Waals surface area contributed by atoms with E-state index in [1.54, 1.807) is 48.8 Å². The van der Waals surface area contributed by atoms with Gasteiger partial charge in [0.15, 0.2) is 0 Å². The highest BCUT2D eigenvalue weighted by Crippen LogP contribution is 2.16. The monoisotopic (exact) mass is 320 g/mol. The number of unbranched alkanes of at least 4 members (excludes halogenated alkanes) is 1. The molecule has 6 heteroatoms. The Morgan fingerprint density at radius 2 is 1.77 bits per heavy atom. The Morgan fingerprint density at radius 3 is 2.41 bits per heavy atom. The molecule has 0 saturated carbocycles. The van der Waals surface area contributed by atoms with Crippen LogP contribution in [-0.2, 0) is 16.6 Å². The highest BCUT2D eigenvalue weighted by molar-refractivity contribution is 7.89. The van der Waals surface area contributed by atoms with Crippen LogP contribution in [0, 0.1) is 0 Å². The van der Waals surface area contributed by atoms with Gasteiger partial charge in [0, 0.05) is 18.9 Å². The van der Waals surface area contributed by atoms with Crippen molar-refractivity contribution < 1.29 is 13.2 Å². The van der Waals surface area contributed by atoms with Gasteiger partial charge in [-0.3, -0.25) is 4.98 Å². The molecule has 1 heterocycles. The molecule has 118 valence electrons. The van der Waals surface area contributed by atoms with Crippen molar-refractivity contribution in [2.45, 2.75) is 31.2 Å². The molecule has 0 unspecified atom stereocenters. The predicted octanol–water partition coefficient (Wildman–Crippen LogP) is 2.74. The summed E-state index contributed by atoms with van der Waals surface area (Å²) in [5.74, 6) is 0.682. The molecule has 0 fully saturated rings. The highest BCUT2D eigenvalue weighted by atomic mass is 32.2. The van der Waals surface area contributed by atoms with Gasteiger partial charge in [-0.25, -0.2) is 13.1 Å². The van der Waals surface area contributed by atoms with Gasteiger partial charge in [0.25, 0.3) is 0 Å². The number of ether oxygens (including phenoxy) is 1. The first-order valence-corrected chi connectivity index (χ1v) is 8.71. The third-order valence-electron chi connectivity index (χ3n) is 3.12. The van der Waals surface area contributed by atoms with Gasteiger partial charge in [-0.15, -0.1) is 0 Å². The quantitative estimate of drug-likeness (QED) is 0.759. The lowest BCUT2D eigenvalue weighted by Gasteiger charge is -2.08. The molecule has 2 aromatic rings. The first-order valence-electron chi connectivity index (χ1n) is 7.23. The fraction of sp³-hybridized carbons (Fsp3) is 0.312. The average molecular weight is 320 g/mol. The summed E-state index contributed by atoms with van der Waals surface area (Å²) in [6, 6.07) is 10.0. The third kappa shape index (κ3) is 4.82. The summed E-state index contributed by atoms with van der Waals surface area (Å²) in [6.45, 7) is 2.97. The second kappa shape index (κ2) is 7.91. The van der Waals surface area contributed by atoms with Gasteiger partial charge in [-0.1, -0.05) is 13.3 Å². The molecule has 0 atom stereocenters. The zero-order valence-electron chi connectivity index (χ0n) is 12.5. The standard InChI is InChI=1S/C16H20N2O3S/c1-2-3-12-21-15-4-6-16(7-5-15)22(19,20)18-13-14-8-10-17-11-9-14/h4-11,18H,2-3,12-13H2,1H3. The fourth-order valence-electron chi connectivity index (χ4n) is 1.81. The molecule has 0 bridgehead atoms. The van der Waals surface area contributed by atoms with E-state index in [1.807, 2.05) is 0 Å². The maximum atomic E-state index is 12.2. The molecule has 0 amide bonds. The first kappa shape index (κ1) is 16.5. The van der Waals surface area contributed by atoms with E-state index in [4.69, 9.17) is 4.74 Å². The van der Waals surface area contributed by atoms with Crippen molar-refractivity contribution in [2.24, 2.45) is 0 Å². The summed E-state index contributed by atoms with van der Waals surface area (Å²) in [5, 5.41) is 0. The minimum atomic E-state index is -3.53. The Balaban J connectivity index is 1.97. The zero-order valence-corrected chi connectivity index (χ0v) is 13.3. The van der Waals surface area contributed by atoms with Gasteiger partial charge in [0.2, 0.25) is 10.0 Å². The number of benzene rings is 1. The number of hydrogen-bond acceptors (Lipinski definition) is 4. The molecule has 0 saturated heterocycles. The molecule has 0 aliphatic heterocycles. The van der Waals surface area contributed by atoms with Crippen LogP contribution in [0.4, 0.5) is 0 Å². The van der Waals surface area contributed by atoms with Crippen LogP contribution >= 0.6 is 0 Å². The van der Waals surface area contributed by atoms with E-state index in [2.05, 4.69) is 16.6 Å². The summed E-state index contributed by atoms with van der Waals surface area (Å²) in [5.41, 5.74) is 0.859. The molecule has 0 aliphatic carbocycles. The number of nitrogens with one attached hydrogen (secondary N) is 1. The molecule has 5 nitrogen and oxygen atoms in total. The van der Waals surface area contributed by atoms with Crippen LogP contribution in [0.5, 0.6) is 5.75 Å². The van der Waals surface area contributed by atoms with Crippen LogP contribution < -0.4 is 9.46 Å². The number of rotatable bonds is 8. The maximum absolute atomic E-state index is 12.2. The molecule has 0 spiro atoms. The molecule has 1 aromatic carbocycles. The zero-order chi connectivity index (χ0) is 15.8. The topological polar surface area (TPSA) is 68.3 Å². The lowest BCUT2D eigenvalue weighted by atomic mass is 10.3. The molecule has 1 aromatic heterocycles. The van der Waals surface area contributed by atoms with Crippen LogP contribution in [0.15, 0.2) is 53.7 Å². The van der Waals surface area contributed by atoms with Crippen molar-refractivity contribution in [1.29, 1.82) is 0 Å². The Kier molecular flexibility index (Phi) is 5.91. The number of nitrogens with zero attached hydrogens (tertiary/aromatic N) is 1. The van der Waals surface area contributed by atoms with Crippen LogP contribution in [0.25, 0.3) is 0 Å². The predicted molar refractivity (Wildman–Crippen MR) is 85.1 cm³/mol. The van der Waals surface area contributed by atoms with E-state index in [-0.39, 0.29) is 11.4 Å². The third-order valence-corrected chi connectivity index (χ3v) is 4.53. The second-order valence-electron chi connectivity index (χ2n) is 4.85. The van der Waals surface area contributed by atoms with E-state index < -0.39 is 10.0 Å². The molecule has 1 N–H and O–H groups in total. The lowest BCUT2D eigenvalue weighted by Crippen LogP contribution is -2.23. The maximum Gasteiger partial charge on any atom is 0.240 e. The molecule has 0 aliphatic rings. The van der Waals surface area contributed by atoms with E-state index in [0.29, 0.717) is 12.4 Å². The van der Waals surface area contributed by atoms with Crippen LogP contribution in [0.1, 0.15) is 25.3 Å². The van der Waals surface area contributed by atoms with E-state index in [9.17, 15) is 8.42 Å². The fourth-order valence-corrected chi connectivity index (χ4v) is 2.83. The number of sulfonamides is 1. The largest absolute Gasteiger partial charge is 0.494 e. The van der Waals surface area contributed by atoms with E-state index in [1.165, 1.54) is 0 Å². The molecule has 0 radical (unpaired) electrons. The van der Waals surface area contributed by atoms with Crippen LogP contribution in [0.2, 0.25) is 0 Å². The lowest BCUT2D eigenvalue weighted by molar-refractivity contribution is 0.309. The van der Waals surface area contributed by atoms with Crippen molar-refractivity contribution in [3.8, 4) is 5.75 Å². The smallest absolute Gasteiger partial charge is 0.240 e. The Hall–Kier alpha value is -1.92. The Morgan fingerprint density at radius 1 is 1.09 bits per heavy atom. The highest BCUT2D eigenvalue weighted by Gasteiger charge is 2.13. The van der Waals surface area contributed by atoms with Crippen molar-refractivity contribution >= 4 is 10.0 Å². The van der Waals surface area contributed by atoms with Crippen molar-refractivity contribution in [3.05, 3.63) is 54.4 Å². The second-order valence-corrected chi connectivity index (χ2v) is 6.62. The molecule has 22 heavy (non-hydrogen) atoms. The summed E-state index contributed by atoms with van der Waals surface area (Å²) in [7, 11) is -3.53. The summed E-state index contributed by atoms with van der Waals surface area (Å²) in [4.78, 5) is 4.12.